The minimum Gasteiger partial charge on any atom is -0.374 e. The molecule has 172 valence electrons. The van der Waals surface area contributed by atoms with Gasteiger partial charge in [0.05, 0.1) is 21.7 Å². The number of fused-ring (bicyclic) bond motifs is 2. The van der Waals surface area contributed by atoms with E-state index in [4.69, 9.17) is 5.26 Å². The van der Waals surface area contributed by atoms with E-state index in [1.54, 1.807) is 22.9 Å². The van der Waals surface area contributed by atoms with Crippen LogP contribution in [0.1, 0.15) is 23.4 Å². The van der Waals surface area contributed by atoms with Crippen molar-refractivity contribution in [2.45, 2.75) is 37.2 Å². The molecule has 4 heterocycles. The van der Waals surface area contributed by atoms with Crippen molar-refractivity contribution in [3.63, 3.8) is 0 Å². The fourth-order valence-electron chi connectivity index (χ4n) is 4.17. The van der Waals surface area contributed by atoms with Crippen molar-refractivity contribution in [1.29, 1.82) is 5.26 Å². The molecule has 0 amide bonds. The van der Waals surface area contributed by atoms with Crippen molar-refractivity contribution in [1.82, 2.24) is 18.7 Å². The van der Waals surface area contributed by atoms with Gasteiger partial charge in [0.15, 0.2) is 11.3 Å². The Morgan fingerprint density at radius 1 is 1.26 bits per heavy atom. The molecule has 0 bridgehead atoms. The van der Waals surface area contributed by atoms with Gasteiger partial charge < -0.3 is 5.32 Å². The zero-order valence-electron chi connectivity index (χ0n) is 18.0. The van der Waals surface area contributed by atoms with Gasteiger partial charge >= 0.3 is 5.69 Å². The van der Waals surface area contributed by atoms with Gasteiger partial charge in [-0.3, -0.25) is 14.8 Å². The van der Waals surface area contributed by atoms with E-state index < -0.39 is 14.9 Å². The first-order valence-electron chi connectivity index (χ1n) is 10.5. The molecular formula is C22H19N7O4S. The molecule has 0 radical (unpaired) electrons. The minimum atomic E-state index is -3.95. The first-order valence-corrected chi connectivity index (χ1v) is 11.9. The molecule has 1 aliphatic heterocycles. The normalized spacial score (nSPS) is 15.6. The van der Waals surface area contributed by atoms with Crippen LogP contribution in [0.4, 0.5) is 11.4 Å². The molecule has 0 fully saturated rings. The molecule has 0 saturated heterocycles. The second kappa shape index (κ2) is 7.96. The first-order chi connectivity index (χ1) is 16.3. The average Bonchev–Trinajstić information content (AvgIpc) is 3.43. The summed E-state index contributed by atoms with van der Waals surface area (Å²) in [7, 11) is -3.95. The highest BCUT2D eigenvalue weighted by atomic mass is 32.2. The third-order valence-corrected chi connectivity index (χ3v) is 7.58. The maximum absolute atomic E-state index is 13.2. The lowest BCUT2D eigenvalue weighted by Crippen LogP contribution is -2.32. The van der Waals surface area contributed by atoms with Crippen LogP contribution in [0, 0.1) is 28.4 Å². The van der Waals surface area contributed by atoms with Crippen molar-refractivity contribution in [3.05, 3.63) is 75.9 Å². The number of aromatic nitrogens is 4. The van der Waals surface area contributed by atoms with E-state index in [-0.39, 0.29) is 28.0 Å². The predicted octanol–water partition coefficient (Wildman–Crippen LogP) is 2.99. The smallest absolute Gasteiger partial charge is 0.311 e. The molecule has 4 aromatic rings. The molecule has 0 spiro atoms. The number of hydrogen-bond donors (Lipinski definition) is 1. The van der Waals surface area contributed by atoms with Gasteiger partial charge in [-0.2, -0.15) is 10.4 Å². The van der Waals surface area contributed by atoms with E-state index in [9.17, 15) is 18.5 Å². The van der Waals surface area contributed by atoms with E-state index >= 15 is 0 Å². The van der Waals surface area contributed by atoms with Gasteiger partial charge in [-0.1, -0.05) is 17.7 Å². The number of nitriles is 1. The largest absolute Gasteiger partial charge is 0.374 e. The zero-order valence-corrected chi connectivity index (χ0v) is 18.9. The molecular weight excluding hydrogens is 458 g/mol. The Morgan fingerprint density at radius 3 is 2.74 bits per heavy atom. The fraction of sp³-hybridized carbons (Fsp3) is 0.227. The molecule has 1 aromatic carbocycles. The fourth-order valence-corrected chi connectivity index (χ4v) is 5.48. The molecule has 0 unspecified atom stereocenters. The molecule has 5 rings (SSSR count). The van der Waals surface area contributed by atoms with Crippen molar-refractivity contribution in [2.24, 2.45) is 0 Å². The minimum absolute atomic E-state index is 0.0935. The number of rotatable bonds is 5. The first kappa shape index (κ1) is 21.6. The Kier molecular flexibility index (Phi) is 5.06. The number of aryl methyl sites for hydroxylation is 2. The quantitative estimate of drug-likeness (QED) is 0.341. The standard InChI is InChI=1S/C22H19N7O4S/c1-14-2-6-18(7-3-14)34(32,33)28-9-8-19-21(20(29(30)31)12-24-22(19)28)25-15-4-5-17-10-16(11-23)26-27(17)13-15/h2-3,6-10,12,15H,4-5,13H2,1H3,(H,24,25)/t15-/m1/s1. The van der Waals surface area contributed by atoms with Crippen LogP contribution in [-0.2, 0) is 23.0 Å². The SMILES string of the molecule is Cc1ccc(S(=O)(=O)n2ccc3c(N[C@@H]4CCc5cc(C#N)nn5C4)c([N+](=O)[O-])cnc32)cc1. The second-order valence-corrected chi connectivity index (χ2v) is 9.95. The lowest BCUT2D eigenvalue weighted by molar-refractivity contribution is -0.384. The summed E-state index contributed by atoms with van der Waals surface area (Å²) in [5.74, 6) is 0. The van der Waals surface area contributed by atoms with E-state index in [0.717, 1.165) is 21.4 Å². The Labute approximate surface area is 194 Å². The molecule has 12 heteroatoms. The van der Waals surface area contributed by atoms with Crippen molar-refractivity contribution < 1.29 is 13.3 Å². The van der Waals surface area contributed by atoms with Crippen molar-refractivity contribution in [2.75, 3.05) is 5.32 Å². The predicted molar refractivity (Wildman–Crippen MR) is 123 cm³/mol. The molecule has 1 N–H and O–H groups in total. The number of nitro groups is 1. The molecule has 1 atom stereocenters. The van der Waals surface area contributed by atoms with Crippen LogP contribution >= 0.6 is 0 Å². The second-order valence-electron chi connectivity index (χ2n) is 8.14. The topological polar surface area (TPSA) is 149 Å². The molecule has 3 aromatic heterocycles. The summed E-state index contributed by atoms with van der Waals surface area (Å²) < 4.78 is 29.2. The lowest BCUT2D eigenvalue weighted by Gasteiger charge is -2.25. The van der Waals surface area contributed by atoms with Gasteiger partial charge in [0, 0.05) is 17.9 Å². The Morgan fingerprint density at radius 2 is 2.03 bits per heavy atom. The van der Waals surface area contributed by atoms with Gasteiger partial charge in [-0.05, 0) is 44.0 Å². The van der Waals surface area contributed by atoms with Crippen LogP contribution in [0.15, 0.2) is 53.7 Å². The van der Waals surface area contributed by atoms with Crippen LogP contribution in [0.2, 0.25) is 0 Å². The Hall–Kier alpha value is -4.24. The van der Waals surface area contributed by atoms with Crippen LogP contribution in [0.5, 0.6) is 0 Å². The average molecular weight is 478 g/mol. The number of nitrogens with zero attached hydrogens (tertiary/aromatic N) is 6. The molecule has 0 aliphatic carbocycles. The highest BCUT2D eigenvalue weighted by Crippen LogP contribution is 2.35. The number of benzene rings is 1. The number of anilines is 1. The number of nitrogens with one attached hydrogen (secondary N) is 1. The Balaban J connectivity index is 1.56. The molecule has 11 nitrogen and oxygen atoms in total. The number of pyridine rings is 1. The van der Waals surface area contributed by atoms with Gasteiger partial charge in [0.1, 0.15) is 18.0 Å². The summed E-state index contributed by atoms with van der Waals surface area (Å²) >= 11 is 0. The molecule has 1 aliphatic rings. The third-order valence-electron chi connectivity index (χ3n) is 5.90. The summed E-state index contributed by atoms with van der Waals surface area (Å²) in [5.41, 5.74) is 2.23. The van der Waals surface area contributed by atoms with Gasteiger partial charge in [0.2, 0.25) is 0 Å². The van der Waals surface area contributed by atoms with Crippen LogP contribution in [0.25, 0.3) is 11.0 Å². The van der Waals surface area contributed by atoms with Gasteiger partial charge in [0.25, 0.3) is 10.0 Å². The zero-order chi connectivity index (χ0) is 24.0. The van der Waals surface area contributed by atoms with Gasteiger partial charge in [-0.25, -0.2) is 17.4 Å². The summed E-state index contributed by atoms with van der Waals surface area (Å²) in [4.78, 5) is 15.4. The summed E-state index contributed by atoms with van der Waals surface area (Å²) in [6, 6.07) is 11.5. The van der Waals surface area contributed by atoms with Crippen LogP contribution in [0.3, 0.4) is 0 Å². The monoisotopic (exact) mass is 477 g/mol. The number of hydrogen-bond acceptors (Lipinski definition) is 8. The summed E-state index contributed by atoms with van der Waals surface area (Å²) in [6.45, 7) is 2.28. The van der Waals surface area contributed by atoms with Crippen LogP contribution in [-0.4, -0.2) is 38.1 Å². The van der Waals surface area contributed by atoms with E-state index in [1.165, 1.54) is 24.4 Å². The van der Waals surface area contributed by atoms with Gasteiger partial charge in [-0.15, -0.1) is 0 Å². The van der Waals surface area contributed by atoms with E-state index in [0.29, 0.717) is 30.5 Å². The summed E-state index contributed by atoms with van der Waals surface area (Å²) in [6.07, 6.45) is 3.74. The molecule has 0 saturated carbocycles. The highest BCUT2D eigenvalue weighted by Gasteiger charge is 2.28. The maximum Gasteiger partial charge on any atom is 0.311 e. The third kappa shape index (κ3) is 3.56. The van der Waals surface area contributed by atoms with E-state index in [2.05, 4.69) is 15.4 Å². The summed E-state index contributed by atoms with van der Waals surface area (Å²) in [5, 5.41) is 28.6. The maximum atomic E-state index is 13.2. The highest BCUT2D eigenvalue weighted by molar-refractivity contribution is 7.90. The molecule has 34 heavy (non-hydrogen) atoms. The lowest BCUT2D eigenvalue weighted by atomic mass is 10.0. The van der Waals surface area contributed by atoms with Crippen LogP contribution < -0.4 is 5.32 Å². The van der Waals surface area contributed by atoms with Crippen molar-refractivity contribution in [3.8, 4) is 6.07 Å². The van der Waals surface area contributed by atoms with Crippen molar-refractivity contribution >= 4 is 32.4 Å². The Bertz CT molecular complexity index is 1580. The van der Waals surface area contributed by atoms with E-state index in [1.807, 2.05) is 13.0 Å².